The van der Waals surface area contributed by atoms with E-state index in [0.29, 0.717) is 5.82 Å². The van der Waals surface area contributed by atoms with Gasteiger partial charge in [0, 0.05) is 22.2 Å². The number of nitrogens with zero attached hydrogens (tertiary/aromatic N) is 3. The van der Waals surface area contributed by atoms with Crippen LogP contribution in [0.2, 0.25) is 0 Å². The van der Waals surface area contributed by atoms with E-state index < -0.39 is 0 Å². The number of benzene rings is 4. The third kappa shape index (κ3) is 3.32. The fraction of sp³-hybridized carbons (Fsp3) is 0.103. The maximum absolute atomic E-state index is 13.3. The van der Waals surface area contributed by atoms with E-state index in [1.165, 1.54) is 46.2 Å². The maximum Gasteiger partial charge on any atom is 0.173 e. The largest absolute Gasteiger partial charge is 0.310 e. The van der Waals surface area contributed by atoms with Crippen molar-refractivity contribution in [1.82, 2.24) is 9.36 Å². The van der Waals surface area contributed by atoms with Gasteiger partial charge in [0.15, 0.2) is 5.82 Å². The Hall–Kier alpha value is -3.83. The van der Waals surface area contributed by atoms with Gasteiger partial charge in [0.2, 0.25) is 0 Å². The standard InChI is InChI=1S/C29H22FN3S/c1-29(2)23-7-3-5-9-25(23)33(26-10-6-4-8-24(26)29)22-17-13-19(14-18-22)27-31-28(34-32-27)20-11-15-21(30)16-12-20/h3-18H,1-2H3. The summed E-state index contributed by atoms with van der Waals surface area (Å²) in [4.78, 5) is 7.02. The number of rotatable bonds is 3. The molecular formula is C29H22FN3S. The molecule has 0 amide bonds. The summed E-state index contributed by atoms with van der Waals surface area (Å²) >= 11 is 1.32. The zero-order valence-corrected chi connectivity index (χ0v) is 19.7. The molecule has 6 rings (SSSR count). The fourth-order valence-corrected chi connectivity index (χ4v) is 5.45. The van der Waals surface area contributed by atoms with E-state index in [9.17, 15) is 4.39 Å². The molecule has 34 heavy (non-hydrogen) atoms. The van der Waals surface area contributed by atoms with Crippen molar-refractivity contribution < 1.29 is 4.39 Å². The quantitative estimate of drug-likeness (QED) is 0.270. The Morgan fingerprint density at radius 1 is 0.706 bits per heavy atom. The third-order valence-corrected chi connectivity index (χ3v) is 7.30. The van der Waals surface area contributed by atoms with Crippen LogP contribution >= 0.6 is 11.5 Å². The molecule has 0 fully saturated rings. The molecular weight excluding hydrogens is 441 g/mol. The molecule has 1 aliphatic rings. The van der Waals surface area contributed by atoms with Gasteiger partial charge in [0.1, 0.15) is 10.8 Å². The summed E-state index contributed by atoms with van der Waals surface area (Å²) in [6, 6.07) is 32.0. The predicted molar refractivity (Wildman–Crippen MR) is 138 cm³/mol. The van der Waals surface area contributed by atoms with Crippen LogP contribution in [0.1, 0.15) is 25.0 Å². The first-order valence-electron chi connectivity index (χ1n) is 11.2. The van der Waals surface area contributed by atoms with E-state index in [1.54, 1.807) is 12.1 Å². The zero-order valence-electron chi connectivity index (χ0n) is 18.9. The number of hydrogen-bond donors (Lipinski definition) is 0. The highest BCUT2D eigenvalue weighted by molar-refractivity contribution is 7.09. The van der Waals surface area contributed by atoms with Crippen LogP contribution in [-0.4, -0.2) is 9.36 Å². The molecule has 1 aromatic heterocycles. The summed E-state index contributed by atoms with van der Waals surface area (Å²) in [5.41, 5.74) is 7.84. The highest BCUT2D eigenvalue weighted by atomic mass is 32.1. The van der Waals surface area contributed by atoms with Gasteiger partial charge in [-0.05, 0) is 83.3 Å². The van der Waals surface area contributed by atoms with Crippen molar-refractivity contribution in [2.45, 2.75) is 19.3 Å². The number of hydrogen-bond acceptors (Lipinski definition) is 4. The summed E-state index contributed by atoms with van der Waals surface area (Å²) in [5, 5.41) is 0.778. The second kappa shape index (κ2) is 7.89. The Bertz CT molecular complexity index is 1440. The highest BCUT2D eigenvalue weighted by Crippen LogP contribution is 2.51. The summed E-state index contributed by atoms with van der Waals surface area (Å²) in [6.45, 7) is 4.58. The molecule has 5 heteroatoms. The van der Waals surface area contributed by atoms with Crippen molar-refractivity contribution in [2.75, 3.05) is 4.90 Å². The lowest BCUT2D eigenvalue weighted by atomic mass is 9.73. The van der Waals surface area contributed by atoms with Gasteiger partial charge in [-0.25, -0.2) is 9.37 Å². The summed E-state index contributed by atoms with van der Waals surface area (Å²) < 4.78 is 17.8. The average molecular weight is 464 g/mol. The molecule has 5 aromatic rings. The molecule has 0 saturated heterocycles. The lowest BCUT2D eigenvalue weighted by Crippen LogP contribution is -2.30. The SMILES string of the molecule is CC1(C)c2ccccc2N(c2ccc(-c3nsc(-c4ccc(F)cc4)n3)cc2)c2ccccc21. The minimum atomic E-state index is -0.256. The van der Waals surface area contributed by atoms with Crippen LogP contribution in [0.25, 0.3) is 22.0 Å². The second-order valence-corrected chi connectivity index (χ2v) is 9.72. The molecule has 3 nitrogen and oxygen atoms in total. The van der Waals surface area contributed by atoms with Gasteiger partial charge >= 0.3 is 0 Å². The molecule has 4 aromatic carbocycles. The number of aromatic nitrogens is 2. The third-order valence-electron chi connectivity index (χ3n) is 6.54. The van der Waals surface area contributed by atoms with E-state index in [-0.39, 0.29) is 11.2 Å². The van der Waals surface area contributed by atoms with Crippen molar-refractivity contribution in [3.8, 4) is 22.0 Å². The highest BCUT2D eigenvalue weighted by Gasteiger charge is 2.36. The minimum absolute atomic E-state index is 0.0785. The summed E-state index contributed by atoms with van der Waals surface area (Å²) in [7, 11) is 0. The van der Waals surface area contributed by atoms with Crippen molar-refractivity contribution in [1.29, 1.82) is 0 Å². The minimum Gasteiger partial charge on any atom is -0.310 e. The molecule has 0 atom stereocenters. The molecule has 0 N–H and O–H groups in total. The van der Waals surface area contributed by atoms with Crippen LogP contribution in [-0.2, 0) is 5.41 Å². The zero-order chi connectivity index (χ0) is 23.3. The molecule has 0 spiro atoms. The first-order chi connectivity index (χ1) is 16.5. The molecule has 0 saturated carbocycles. The van der Waals surface area contributed by atoms with Crippen LogP contribution in [0.15, 0.2) is 97.1 Å². The predicted octanol–water partition coefficient (Wildman–Crippen LogP) is 8.12. The Balaban J connectivity index is 1.39. The van der Waals surface area contributed by atoms with Crippen molar-refractivity contribution in [3.63, 3.8) is 0 Å². The van der Waals surface area contributed by atoms with Crippen LogP contribution in [0.3, 0.4) is 0 Å². The summed E-state index contributed by atoms with van der Waals surface area (Å²) in [5.74, 6) is 0.421. The Kier molecular flexibility index (Phi) is 4.82. The molecule has 0 radical (unpaired) electrons. The van der Waals surface area contributed by atoms with E-state index in [4.69, 9.17) is 0 Å². The van der Waals surface area contributed by atoms with Gasteiger partial charge in [-0.15, -0.1) is 0 Å². The Morgan fingerprint density at radius 3 is 1.88 bits per heavy atom. The number of halogens is 1. The van der Waals surface area contributed by atoms with Crippen LogP contribution in [0.5, 0.6) is 0 Å². The average Bonchev–Trinajstić information content (AvgIpc) is 3.36. The van der Waals surface area contributed by atoms with Crippen LogP contribution in [0.4, 0.5) is 21.5 Å². The van der Waals surface area contributed by atoms with E-state index >= 15 is 0 Å². The molecule has 166 valence electrons. The Labute approximate surface area is 202 Å². The first kappa shape index (κ1) is 20.8. The lowest BCUT2D eigenvalue weighted by molar-refractivity contribution is 0.628. The normalized spacial score (nSPS) is 13.9. The van der Waals surface area contributed by atoms with Gasteiger partial charge in [0.05, 0.1) is 11.4 Å². The van der Waals surface area contributed by atoms with E-state index in [0.717, 1.165) is 21.8 Å². The van der Waals surface area contributed by atoms with Crippen LogP contribution < -0.4 is 4.90 Å². The van der Waals surface area contributed by atoms with Crippen molar-refractivity contribution in [3.05, 3.63) is 114 Å². The van der Waals surface area contributed by atoms with Crippen LogP contribution in [0, 0.1) is 5.82 Å². The first-order valence-corrected chi connectivity index (χ1v) is 12.0. The summed E-state index contributed by atoms with van der Waals surface area (Å²) in [6.07, 6.45) is 0. The fourth-order valence-electron chi connectivity index (χ4n) is 4.76. The van der Waals surface area contributed by atoms with Gasteiger partial charge in [-0.2, -0.15) is 4.37 Å². The van der Waals surface area contributed by atoms with Gasteiger partial charge in [0.25, 0.3) is 0 Å². The molecule has 1 aliphatic heterocycles. The van der Waals surface area contributed by atoms with E-state index in [2.05, 4.69) is 101 Å². The lowest BCUT2D eigenvalue weighted by Gasteiger charge is -2.42. The topological polar surface area (TPSA) is 29.0 Å². The molecule has 0 bridgehead atoms. The van der Waals surface area contributed by atoms with Gasteiger partial charge in [-0.1, -0.05) is 50.2 Å². The smallest absolute Gasteiger partial charge is 0.173 e. The number of para-hydroxylation sites is 2. The maximum atomic E-state index is 13.3. The van der Waals surface area contributed by atoms with Gasteiger partial charge < -0.3 is 4.90 Å². The van der Waals surface area contributed by atoms with E-state index in [1.807, 2.05) is 0 Å². The Morgan fingerprint density at radius 2 is 1.26 bits per heavy atom. The number of fused-ring (bicyclic) bond motifs is 2. The molecule has 0 unspecified atom stereocenters. The second-order valence-electron chi connectivity index (χ2n) is 8.97. The van der Waals surface area contributed by atoms with Crippen molar-refractivity contribution in [2.24, 2.45) is 0 Å². The van der Waals surface area contributed by atoms with Gasteiger partial charge in [-0.3, -0.25) is 0 Å². The van der Waals surface area contributed by atoms with Crippen molar-refractivity contribution >= 4 is 28.6 Å². The number of anilines is 3. The monoisotopic (exact) mass is 463 g/mol. The molecule has 0 aliphatic carbocycles. The molecule has 2 heterocycles.